The average Bonchev–Trinajstić information content (AvgIpc) is 4.01. The molecule has 57 heavy (non-hydrogen) atoms. The van der Waals surface area contributed by atoms with Crippen molar-refractivity contribution in [2.75, 3.05) is 19.8 Å². The molecule has 0 fully saturated rings. The van der Waals surface area contributed by atoms with E-state index in [1.165, 1.54) is 19.3 Å². The lowest BCUT2D eigenvalue weighted by Crippen LogP contribution is -2.09. The van der Waals surface area contributed by atoms with Crippen LogP contribution in [0.2, 0.25) is 0 Å². The zero-order valence-electron chi connectivity index (χ0n) is 37.1. The van der Waals surface area contributed by atoms with Crippen LogP contribution in [0.4, 0.5) is 0 Å². The van der Waals surface area contributed by atoms with Crippen LogP contribution in [-0.4, -0.2) is 85.9 Å². The second-order valence-corrected chi connectivity index (χ2v) is 15.5. The van der Waals surface area contributed by atoms with Crippen LogP contribution in [0.25, 0.3) is 0 Å². The Bertz CT molecular complexity index is 1410. The fourth-order valence-electron chi connectivity index (χ4n) is 4.86. The lowest BCUT2D eigenvalue weighted by Gasteiger charge is -2.06. The number of rotatable bonds is 22. The molecule has 0 unspecified atom stereocenters. The quantitative estimate of drug-likeness (QED) is 0.0637. The lowest BCUT2D eigenvalue weighted by atomic mass is 10.1. The molecule has 0 saturated carbocycles. The molecular formula is C44H78N10O3. The number of hydrogen-bond donors (Lipinski definition) is 0. The maximum absolute atomic E-state index is 5.44. The zero-order chi connectivity index (χ0) is 41.9. The summed E-state index contributed by atoms with van der Waals surface area (Å²) in [6.45, 7) is 28.9. The summed E-state index contributed by atoms with van der Waals surface area (Å²) in [5, 5.41) is 0. The van der Waals surface area contributed by atoms with E-state index in [0.29, 0.717) is 18.3 Å². The first-order valence-corrected chi connectivity index (χ1v) is 21.1. The lowest BCUT2D eigenvalue weighted by molar-refractivity contribution is 0.0727. The Labute approximate surface area is 345 Å². The van der Waals surface area contributed by atoms with Crippen molar-refractivity contribution in [1.82, 2.24) is 47.8 Å². The first kappa shape index (κ1) is 50.9. The van der Waals surface area contributed by atoms with Crippen molar-refractivity contribution in [2.45, 2.75) is 159 Å². The summed E-state index contributed by atoms with van der Waals surface area (Å²) in [7, 11) is 0. The van der Waals surface area contributed by atoms with Gasteiger partial charge in [-0.15, -0.1) is 0 Å². The molecule has 0 N–H and O–H groups in total. The van der Waals surface area contributed by atoms with E-state index in [1.54, 1.807) is 18.7 Å². The van der Waals surface area contributed by atoms with Crippen molar-refractivity contribution in [2.24, 2.45) is 11.8 Å². The summed E-state index contributed by atoms with van der Waals surface area (Å²) in [5.74, 6) is 1.60. The van der Waals surface area contributed by atoms with Crippen molar-refractivity contribution in [3.05, 3.63) is 93.6 Å². The van der Waals surface area contributed by atoms with E-state index in [9.17, 15) is 0 Å². The minimum Gasteiger partial charge on any atom is -0.379 e. The Morgan fingerprint density at radius 1 is 0.351 bits per heavy atom. The molecule has 0 radical (unpaired) electrons. The van der Waals surface area contributed by atoms with Gasteiger partial charge < -0.3 is 37.0 Å². The fourth-order valence-corrected chi connectivity index (χ4v) is 4.86. The van der Waals surface area contributed by atoms with E-state index >= 15 is 0 Å². The number of aryl methyl sites for hydroxylation is 4. The van der Waals surface area contributed by atoms with Gasteiger partial charge in [0.1, 0.15) is 0 Å². The largest absolute Gasteiger partial charge is 0.379 e. The van der Waals surface area contributed by atoms with Gasteiger partial charge >= 0.3 is 0 Å². The van der Waals surface area contributed by atoms with Gasteiger partial charge in [-0.1, -0.05) is 27.7 Å². The third-order valence-electron chi connectivity index (χ3n) is 8.03. The predicted octanol–water partition coefficient (Wildman–Crippen LogP) is 9.34. The van der Waals surface area contributed by atoms with Gasteiger partial charge in [-0.05, 0) is 91.9 Å². The predicted molar refractivity (Wildman–Crippen MR) is 232 cm³/mol. The van der Waals surface area contributed by atoms with Crippen molar-refractivity contribution in [3.63, 3.8) is 0 Å². The van der Waals surface area contributed by atoms with Gasteiger partial charge in [0.2, 0.25) is 0 Å². The van der Waals surface area contributed by atoms with Crippen LogP contribution in [0.3, 0.4) is 0 Å². The highest BCUT2D eigenvalue weighted by molar-refractivity contribution is 4.76. The molecule has 0 aliphatic heterocycles. The monoisotopic (exact) mass is 795 g/mol. The van der Waals surface area contributed by atoms with Gasteiger partial charge in [-0.25, -0.2) is 24.9 Å². The highest BCUT2D eigenvalue weighted by Gasteiger charge is 1.97. The number of unbranched alkanes of at least 4 members (excludes halogenated alkanes) is 1. The van der Waals surface area contributed by atoms with Crippen LogP contribution >= 0.6 is 0 Å². The molecule has 5 heterocycles. The summed E-state index contributed by atoms with van der Waals surface area (Å²) in [6.07, 6.45) is 36.3. The molecule has 5 aromatic heterocycles. The first-order valence-electron chi connectivity index (χ1n) is 21.1. The van der Waals surface area contributed by atoms with Crippen LogP contribution in [0.1, 0.15) is 108 Å². The van der Waals surface area contributed by atoms with E-state index in [1.807, 2.05) is 93.3 Å². The number of imidazole rings is 5. The summed E-state index contributed by atoms with van der Waals surface area (Å²) in [6, 6.07) is 0. The minimum atomic E-state index is 0.318. The van der Waals surface area contributed by atoms with Gasteiger partial charge in [0.25, 0.3) is 0 Å². The average molecular weight is 795 g/mol. The Morgan fingerprint density at radius 3 is 1.05 bits per heavy atom. The number of nitrogens with zero attached hydrogens (tertiary/aromatic N) is 10. The Hall–Kier alpha value is -4.07. The standard InChI is InChI=1S/C10H18N2O.C9H16N2O.C9H16N2.C8H14N2O.C8H14N2/c1-10(2)13-8-4-3-6-12-7-5-11-9-12;1-9(2)12-7-3-5-11-6-4-10-8-11;1-9(2)4-3-6-11-7-5-10-8-11;1-8(2)11-6-5-10-4-3-9-7-10;1-8(2)3-5-10-6-4-9-7-10/h5,7,9-10H,3-4,6,8H2,1-2H3;4,6,8-9H,3,5,7H2,1-2H3;5,7-9H,3-4,6H2,1-2H3;3-4,7-8H,5-6H2,1-2H3;4,6-8H,3,5H2,1-2H3. The van der Waals surface area contributed by atoms with Gasteiger partial charge in [0.15, 0.2) is 0 Å². The highest BCUT2D eigenvalue weighted by atomic mass is 16.5. The maximum atomic E-state index is 5.44. The number of hydrogen-bond acceptors (Lipinski definition) is 8. The van der Waals surface area contributed by atoms with Crippen molar-refractivity contribution in [1.29, 1.82) is 0 Å². The molecule has 13 nitrogen and oxygen atoms in total. The summed E-state index contributed by atoms with van der Waals surface area (Å²) >= 11 is 0. The summed E-state index contributed by atoms with van der Waals surface area (Å²) in [5.41, 5.74) is 0. The van der Waals surface area contributed by atoms with E-state index in [4.69, 9.17) is 14.2 Å². The molecule has 13 heteroatoms. The van der Waals surface area contributed by atoms with E-state index in [2.05, 4.69) is 98.6 Å². The van der Waals surface area contributed by atoms with E-state index in [0.717, 1.165) is 83.6 Å². The molecule has 0 bridgehead atoms. The third-order valence-corrected chi connectivity index (χ3v) is 8.03. The summed E-state index contributed by atoms with van der Waals surface area (Å²) < 4.78 is 26.6. The van der Waals surface area contributed by atoms with Crippen molar-refractivity contribution >= 4 is 0 Å². The normalized spacial score (nSPS) is 10.9. The Kier molecular flexibility index (Phi) is 30.4. The van der Waals surface area contributed by atoms with Crippen LogP contribution < -0.4 is 0 Å². The second-order valence-electron chi connectivity index (χ2n) is 15.5. The molecule has 0 aromatic carbocycles. The molecule has 0 aliphatic rings. The SMILES string of the molecule is CC(C)CCCn1ccnc1.CC(C)CCn1ccnc1.CC(C)OCCCCn1ccnc1.CC(C)OCCCn1ccnc1.CC(C)OCCn1ccnc1. The molecule has 5 rings (SSSR count). The molecular weight excluding hydrogens is 717 g/mol. The highest BCUT2D eigenvalue weighted by Crippen LogP contribution is 2.05. The van der Waals surface area contributed by atoms with Crippen molar-refractivity contribution < 1.29 is 14.2 Å². The molecule has 322 valence electrons. The molecule has 0 aliphatic carbocycles. The molecule has 0 amide bonds. The van der Waals surface area contributed by atoms with Crippen LogP contribution in [-0.2, 0) is 46.9 Å². The topological polar surface area (TPSA) is 117 Å². The van der Waals surface area contributed by atoms with Gasteiger partial charge in [0, 0.05) is 108 Å². The smallest absolute Gasteiger partial charge is 0.0946 e. The minimum absolute atomic E-state index is 0.318. The van der Waals surface area contributed by atoms with Gasteiger partial charge in [0.05, 0.1) is 56.6 Å². The van der Waals surface area contributed by atoms with Gasteiger partial charge in [-0.2, -0.15) is 0 Å². The second kappa shape index (κ2) is 34.0. The van der Waals surface area contributed by atoms with E-state index in [-0.39, 0.29) is 0 Å². The Morgan fingerprint density at radius 2 is 0.684 bits per heavy atom. The van der Waals surface area contributed by atoms with Crippen LogP contribution in [0.5, 0.6) is 0 Å². The maximum Gasteiger partial charge on any atom is 0.0946 e. The van der Waals surface area contributed by atoms with Gasteiger partial charge in [-0.3, -0.25) is 0 Å². The van der Waals surface area contributed by atoms with Crippen LogP contribution in [0.15, 0.2) is 93.6 Å². The number of aromatic nitrogens is 10. The summed E-state index contributed by atoms with van der Waals surface area (Å²) in [4.78, 5) is 19.8. The van der Waals surface area contributed by atoms with E-state index < -0.39 is 0 Å². The van der Waals surface area contributed by atoms with Crippen LogP contribution in [0, 0.1) is 11.8 Å². The van der Waals surface area contributed by atoms with Crippen molar-refractivity contribution in [3.8, 4) is 0 Å². The zero-order valence-corrected chi connectivity index (χ0v) is 37.1. The Balaban J connectivity index is 0.000000357. The number of ether oxygens (including phenoxy) is 3. The molecule has 0 spiro atoms. The molecule has 0 saturated heterocycles. The fraction of sp³-hybridized carbons (Fsp3) is 0.659. The molecule has 5 aromatic rings. The first-order chi connectivity index (χ1) is 27.4. The third kappa shape index (κ3) is 32.7. The molecule has 0 atom stereocenters.